The Morgan fingerprint density at radius 2 is 0.778 bits per heavy atom. The van der Waals surface area contributed by atoms with Crippen LogP contribution in [0.4, 0.5) is 11.4 Å². The van der Waals surface area contributed by atoms with E-state index in [4.69, 9.17) is 4.99 Å². The number of benzene rings is 6. The van der Waals surface area contributed by atoms with Gasteiger partial charge in [-0.2, -0.15) is 0 Å². The molecule has 0 amide bonds. The van der Waals surface area contributed by atoms with Crippen molar-refractivity contribution in [3.8, 4) is 0 Å². The molecule has 0 atom stereocenters. The summed E-state index contributed by atoms with van der Waals surface area (Å²) in [5.74, 6) is 1.90. The van der Waals surface area contributed by atoms with E-state index in [-0.39, 0.29) is 17.3 Å². The van der Waals surface area contributed by atoms with E-state index in [9.17, 15) is 0 Å². The van der Waals surface area contributed by atoms with Gasteiger partial charge in [-0.25, -0.2) is 4.99 Å². The van der Waals surface area contributed by atoms with Crippen LogP contribution in [-0.4, -0.2) is 5.84 Å². The lowest BCUT2D eigenvalue weighted by Crippen LogP contribution is -2.29. The lowest BCUT2D eigenvalue weighted by Gasteiger charge is -2.31. The van der Waals surface area contributed by atoms with Gasteiger partial charge in [0.15, 0.2) is 0 Å². The Balaban J connectivity index is 1.77. The highest BCUT2D eigenvalue weighted by atomic mass is 15.0. The zero-order valence-electron chi connectivity index (χ0n) is 33.8. The summed E-state index contributed by atoms with van der Waals surface area (Å²) in [6.45, 7) is 20.6. The number of nitrogens with zero attached hydrogens (tertiary/aromatic N) is 1. The second-order valence-corrected chi connectivity index (χ2v) is 16.7. The topological polar surface area (TPSA) is 24.4 Å². The normalized spacial score (nSPS) is 12.4. The molecule has 0 aliphatic heterocycles. The molecule has 0 aromatic heterocycles. The molecule has 2 heteroatoms. The minimum absolute atomic E-state index is 0.0359. The van der Waals surface area contributed by atoms with E-state index < -0.39 is 0 Å². The van der Waals surface area contributed by atoms with E-state index in [2.05, 4.69) is 219 Å². The molecule has 0 saturated heterocycles. The largest absolute Gasteiger partial charge is 0.343 e. The molecule has 1 N–H and O–H groups in total. The van der Waals surface area contributed by atoms with Gasteiger partial charge < -0.3 is 5.32 Å². The first-order chi connectivity index (χ1) is 25.9. The average molecular weight is 711 g/mol. The predicted octanol–water partition coefficient (Wildman–Crippen LogP) is 14.6. The summed E-state index contributed by atoms with van der Waals surface area (Å²) in [6, 6.07) is 55.6. The third kappa shape index (κ3) is 8.60. The summed E-state index contributed by atoms with van der Waals surface area (Å²) in [5.41, 5.74) is 13.3. The minimum Gasteiger partial charge on any atom is -0.343 e. The van der Waals surface area contributed by atoms with Gasteiger partial charge in [-0.05, 0) is 67.8 Å². The van der Waals surface area contributed by atoms with Crippen molar-refractivity contribution in [1.29, 1.82) is 0 Å². The van der Waals surface area contributed by atoms with Crippen LogP contribution in [0, 0.1) is 5.41 Å². The van der Waals surface area contributed by atoms with E-state index in [0.29, 0.717) is 17.8 Å². The number of aliphatic imine (C=N–C) groups is 1. The van der Waals surface area contributed by atoms with Crippen LogP contribution in [0.15, 0.2) is 157 Å². The smallest absolute Gasteiger partial charge is 0.112 e. The van der Waals surface area contributed by atoms with Crippen molar-refractivity contribution >= 4 is 17.2 Å². The number of hydrogen-bond acceptors (Lipinski definition) is 1. The molecule has 0 heterocycles. The monoisotopic (exact) mass is 710 g/mol. The van der Waals surface area contributed by atoms with E-state index in [1.807, 2.05) is 0 Å². The van der Waals surface area contributed by atoms with E-state index in [0.717, 1.165) is 11.5 Å². The van der Waals surface area contributed by atoms with Gasteiger partial charge in [0.05, 0.1) is 5.69 Å². The first-order valence-electron chi connectivity index (χ1n) is 19.8. The molecule has 6 rings (SSSR count). The standard InChI is InChI=1S/C52H58N2/c1-35(2)42-33-45(47(38-23-14-10-15-24-38)39-25-16-11-17-26-39)50(46(34-42)48(40-27-18-12-19-28-40)41-29-20-13-21-30-41)54-51(52(7,8)9)53-49-43(36(3)4)31-22-32-44(49)37(5)6/h10-37,47-48H,1-9H3,(H,53,54). The van der Waals surface area contributed by atoms with Gasteiger partial charge in [-0.15, -0.1) is 0 Å². The van der Waals surface area contributed by atoms with Gasteiger partial charge in [-0.3, -0.25) is 0 Å². The summed E-state index contributed by atoms with van der Waals surface area (Å²) in [7, 11) is 0. The van der Waals surface area contributed by atoms with Crippen LogP contribution in [0.25, 0.3) is 0 Å². The average Bonchev–Trinajstić information content (AvgIpc) is 3.16. The maximum absolute atomic E-state index is 5.98. The zero-order chi connectivity index (χ0) is 38.4. The molecule has 2 nitrogen and oxygen atoms in total. The van der Waals surface area contributed by atoms with Crippen LogP contribution in [0.2, 0.25) is 0 Å². The van der Waals surface area contributed by atoms with Crippen LogP contribution >= 0.6 is 0 Å². The van der Waals surface area contributed by atoms with Gasteiger partial charge in [0, 0.05) is 22.9 Å². The Hall–Kier alpha value is -5.21. The summed E-state index contributed by atoms with van der Waals surface area (Å²) >= 11 is 0. The van der Waals surface area contributed by atoms with Crippen molar-refractivity contribution in [2.45, 2.75) is 91.9 Å². The van der Waals surface area contributed by atoms with Crippen LogP contribution in [-0.2, 0) is 0 Å². The maximum Gasteiger partial charge on any atom is 0.112 e. The Bertz CT molecular complexity index is 1930. The number of amidine groups is 1. The molecule has 0 fully saturated rings. The summed E-state index contributed by atoms with van der Waals surface area (Å²) in [6.07, 6.45) is 0. The number of para-hydroxylation sites is 1. The molecule has 0 unspecified atom stereocenters. The Morgan fingerprint density at radius 1 is 0.426 bits per heavy atom. The predicted molar refractivity (Wildman–Crippen MR) is 233 cm³/mol. The molecular weight excluding hydrogens is 653 g/mol. The van der Waals surface area contributed by atoms with Gasteiger partial charge in [0.25, 0.3) is 0 Å². The Kier molecular flexibility index (Phi) is 12.0. The minimum atomic E-state index is -0.298. The molecule has 0 aliphatic carbocycles. The second kappa shape index (κ2) is 16.9. The highest BCUT2D eigenvalue weighted by Gasteiger charge is 2.30. The van der Waals surface area contributed by atoms with Crippen molar-refractivity contribution in [2.24, 2.45) is 10.4 Å². The third-order valence-corrected chi connectivity index (χ3v) is 10.6. The SMILES string of the molecule is CC(C)c1cc(C(c2ccccc2)c2ccccc2)c(N=C(Nc2c(C(C)C)cccc2C(C)C)C(C)(C)C)c(C(c2ccccc2)c2ccccc2)c1. The fourth-order valence-electron chi connectivity index (χ4n) is 7.60. The molecule has 54 heavy (non-hydrogen) atoms. The number of anilines is 1. The van der Waals surface area contributed by atoms with Crippen molar-refractivity contribution in [3.05, 3.63) is 202 Å². The molecule has 0 aliphatic rings. The molecular formula is C52H58N2. The van der Waals surface area contributed by atoms with Crippen molar-refractivity contribution in [3.63, 3.8) is 0 Å². The van der Waals surface area contributed by atoms with E-state index in [1.54, 1.807) is 0 Å². The Labute approximate surface area is 325 Å². The van der Waals surface area contributed by atoms with Crippen molar-refractivity contribution < 1.29 is 0 Å². The van der Waals surface area contributed by atoms with Crippen LogP contribution in [0.5, 0.6) is 0 Å². The summed E-state index contributed by atoms with van der Waals surface area (Å²) in [5, 5.41) is 4.05. The number of hydrogen-bond donors (Lipinski definition) is 1. The number of nitrogens with one attached hydrogen (secondary N) is 1. The van der Waals surface area contributed by atoms with Crippen LogP contribution < -0.4 is 5.32 Å². The first-order valence-corrected chi connectivity index (χ1v) is 19.8. The van der Waals surface area contributed by atoms with E-state index in [1.165, 1.54) is 55.8 Å². The zero-order valence-corrected chi connectivity index (χ0v) is 33.8. The fourth-order valence-corrected chi connectivity index (χ4v) is 7.60. The fraction of sp³-hybridized carbons (Fsp3) is 0.288. The van der Waals surface area contributed by atoms with Crippen molar-refractivity contribution in [2.75, 3.05) is 5.32 Å². The summed E-state index contributed by atoms with van der Waals surface area (Å²) < 4.78 is 0. The molecule has 6 aromatic rings. The van der Waals surface area contributed by atoms with Gasteiger partial charge in [0.1, 0.15) is 5.84 Å². The lowest BCUT2D eigenvalue weighted by molar-refractivity contribution is 0.589. The first kappa shape index (κ1) is 38.5. The van der Waals surface area contributed by atoms with Crippen molar-refractivity contribution in [1.82, 2.24) is 0 Å². The van der Waals surface area contributed by atoms with E-state index >= 15 is 0 Å². The summed E-state index contributed by atoms with van der Waals surface area (Å²) in [4.78, 5) is 5.98. The Morgan fingerprint density at radius 3 is 1.07 bits per heavy atom. The molecule has 276 valence electrons. The van der Waals surface area contributed by atoms with Gasteiger partial charge in [0.2, 0.25) is 0 Å². The van der Waals surface area contributed by atoms with Crippen LogP contribution in [0.1, 0.15) is 142 Å². The molecule has 6 aromatic carbocycles. The number of rotatable bonds is 11. The van der Waals surface area contributed by atoms with Gasteiger partial charge in [-0.1, -0.05) is 214 Å². The maximum atomic E-state index is 5.98. The quantitative estimate of drug-likeness (QED) is 0.0808. The van der Waals surface area contributed by atoms with Gasteiger partial charge >= 0.3 is 0 Å². The molecule has 0 radical (unpaired) electrons. The lowest BCUT2D eigenvalue weighted by atomic mass is 9.77. The second-order valence-electron chi connectivity index (χ2n) is 16.7. The molecule has 0 saturated carbocycles. The van der Waals surface area contributed by atoms with Crippen LogP contribution in [0.3, 0.4) is 0 Å². The third-order valence-electron chi connectivity index (χ3n) is 10.6. The molecule has 0 bridgehead atoms. The highest BCUT2D eigenvalue weighted by molar-refractivity contribution is 6.02. The highest BCUT2D eigenvalue weighted by Crippen LogP contribution is 2.47. The molecule has 0 spiro atoms.